The second-order valence-electron chi connectivity index (χ2n) is 5.19. The van der Waals surface area contributed by atoms with Crippen molar-refractivity contribution in [2.24, 2.45) is 0 Å². The fourth-order valence-corrected chi connectivity index (χ4v) is 2.39. The van der Waals surface area contributed by atoms with E-state index in [2.05, 4.69) is 10.3 Å². The van der Waals surface area contributed by atoms with Crippen LogP contribution >= 0.6 is 36.4 Å². The van der Waals surface area contributed by atoms with Crippen LogP contribution in [-0.2, 0) is 13.1 Å². The van der Waals surface area contributed by atoms with Crippen molar-refractivity contribution >= 4 is 36.4 Å². The number of benzene rings is 1. The SMILES string of the molecule is Cc1ccc(-c2ccc(CNCc3ccncc3)o2)cc1Cl.Cl.Cl. The third-order valence-electron chi connectivity index (χ3n) is 3.50. The van der Waals surface area contributed by atoms with Gasteiger partial charge < -0.3 is 9.73 Å². The smallest absolute Gasteiger partial charge is 0.134 e. The number of halogens is 3. The van der Waals surface area contributed by atoms with Gasteiger partial charge in [-0.25, -0.2) is 0 Å². The molecule has 1 aromatic carbocycles. The van der Waals surface area contributed by atoms with Crippen molar-refractivity contribution in [1.82, 2.24) is 10.3 Å². The molecule has 0 unspecified atom stereocenters. The molecule has 0 fully saturated rings. The van der Waals surface area contributed by atoms with Gasteiger partial charge in [-0.3, -0.25) is 4.98 Å². The van der Waals surface area contributed by atoms with Crippen molar-refractivity contribution in [2.75, 3.05) is 0 Å². The fourth-order valence-electron chi connectivity index (χ4n) is 2.20. The predicted molar refractivity (Wildman–Crippen MR) is 103 cm³/mol. The summed E-state index contributed by atoms with van der Waals surface area (Å²) in [5, 5.41) is 4.11. The summed E-state index contributed by atoms with van der Waals surface area (Å²) in [6.45, 7) is 3.46. The van der Waals surface area contributed by atoms with Crippen molar-refractivity contribution in [3.8, 4) is 11.3 Å². The Morgan fingerprint density at radius 3 is 2.46 bits per heavy atom. The number of aromatic nitrogens is 1. The third kappa shape index (κ3) is 5.25. The first-order valence-electron chi connectivity index (χ1n) is 7.17. The predicted octanol–water partition coefficient (Wildman–Crippen LogP) is 5.44. The Hall–Kier alpha value is -1.52. The second-order valence-corrected chi connectivity index (χ2v) is 5.60. The molecule has 0 aliphatic heterocycles. The largest absolute Gasteiger partial charge is 0.460 e. The Labute approximate surface area is 159 Å². The second kappa shape index (κ2) is 9.70. The van der Waals surface area contributed by atoms with Gasteiger partial charge in [0.2, 0.25) is 0 Å². The average molecular weight is 386 g/mol. The first kappa shape index (κ1) is 20.5. The van der Waals surface area contributed by atoms with E-state index in [1.54, 1.807) is 12.4 Å². The summed E-state index contributed by atoms with van der Waals surface area (Å²) in [7, 11) is 0. The van der Waals surface area contributed by atoms with E-state index >= 15 is 0 Å². The lowest BCUT2D eigenvalue weighted by Gasteiger charge is -2.03. The minimum atomic E-state index is 0. The zero-order chi connectivity index (χ0) is 15.4. The summed E-state index contributed by atoms with van der Waals surface area (Å²) < 4.78 is 5.87. The molecule has 0 saturated carbocycles. The monoisotopic (exact) mass is 384 g/mol. The number of pyridine rings is 1. The van der Waals surface area contributed by atoms with Crippen molar-refractivity contribution in [3.05, 3.63) is 76.8 Å². The van der Waals surface area contributed by atoms with Crippen LogP contribution in [0.5, 0.6) is 0 Å². The molecule has 3 aromatic rings. The maximum atomic E-state index is 6.16. The lowest BCUT2D eigenvalue weighted by atomic mass is 10.1. The highest BCUT2D eigenvalue weighted by Crippen LogP contribution is 2.26. The maximum absolute atomic E-state index is 6.16. The van der Waals surface area contributed by atoms with E-state index in [4.69, 9.17) is 16.0 Å². The Balaban J connectivity index is 0.00000144. The lowest BCUT2D eigenvalue weighted by molar-refractivity contribution is 0.493. The molecule has 0 spiro atoms. The molecule has 0 saturated heterocycles. The van der Waals surface area contributed by atoms with Gasteiger partial charge in [-0.1, -0.05) is 23.7 Å². The minimum Gasteiger partial charge on any atom is -0.460 e. The summed E-state index contributed by atoms with van der Waals surface area (Å²) in [5.74, 6) is 1.74. The first-order chi connectivity index (χ1) is 10.7. The van der Waals surface area contributed by atoms with Crippen molar-refractivity contribution in [1.29, 1.82) is 0 Å². The molecular formula is C18H19Cl3N2O. The van der Waals surface area contributed by atoms with Gasteiger partial charge in [-0.2, -0.15) is 0 Å². The highest BCUT2D eigenvalue weighted by atomic mass is 35.5. The Bertz CT molecular complexity index is 760. The molecule has 128 valence electrons. The molecule has 3 rings (SSSR count). The number of aryl methyl sites for hydroxylation is 1. The van der Waals surface area contributed by atoms with Crippen LogP contribution in [0, 0.1) is 6.92 Å². The van der Waals surface area contributed by atoms with E-state index in [9.17, 15) is 0 Å². The molecule has 0 aliphatic rings. The summed E-state index contributed by atoms with van der Waals surface area (Å²) in [5.41, 5.74) is 3.26. The van der Waals surface area contributed by atoms with E-state index in [1.807, 2.05) is 49.4 Å². The van der Waals surface area contributed by atoms with Crippen LogP contribution in [-0.4, -0.2) is 4.98 Å². The van der Waals surface area contributed by atoms with Gasteiger partial charge in [0.15, 0.2) is 0 Å². The van der Waals surface area contributed by atoms with Crippen LogP contribution in [0.2, 0.25) is 5.02 Å². The summed E-state index contributed by atoms with van der Waals surface area (Å²) in [6.07, 6.45) is 3.59. The Morgan fingerprint density at radius 1 is 1.00 bits per heavy atom. The third-order valence-corrected chi connectivity index (χ3v) is 3.90. The molecule has 0 radical (unpaired) electrons. The van der Waals surface area contributed by atoms with Gasteiger partial charge in [0.05, 0.1) is 6.54 Å². The number of hydrogen-bond donors (Lipinski definition) is 1. The minimum absolute atomic E-state index is 0. The molecule has 2 aromatic heterocycles. The van der Waals surface area contributed by atoms with Gasteiger partial charge in [0.25, 0.3) is 0 Å². The summed E-state index contributed by atoms with van der Waals surface area (Å²) in [4.78, 5) is 4.00. The number of furan rings is 1. The van der Waals surface area contributed by atoms with E-state index < -0.39 is 0 Å². The zero-order valence-corrected chi connectivity index (χ0v) is 15.5. The fraction of sp³-hybridized carbons (Fsp3) is 0.167. The normalized spacial score (nSPS) is 9.92. The lowest BCUT2D eigenvalue weighted by Crippen LogP contribution is -2.11. The van der Waals surface area contributed by atoms with E-state index in [0.717, 1.165) is 34.2 Å². The van der Waals surface area contributed by atoms with Crippen molar-refractivity contribution in [2.45, 2.75) is 20.0 Å². The zero-order valence-electron chi connectivity index (χ0n) is 13.2. The van der Waals surface area contributed by atoms with Gasteiger partial charge in [0, 0.05) is 29.5 Å². The Kier molecular flexibility index (Phi) is 8.29. The summed E-state index contributed by atoms with van der Waals surface area (Å²) in [6, 6.07) is 13.9. The highest BCUT2D eigenvalue weighted by Gasteiger charge is 2.06. The van der Waals surface area contributed by atoms with Gasteiger partial charge in [-0.05, 0) is 48.4 Å². The van der Waals surface area contributed by atoms with Crippen LogP contribution in [0.4, 0.5) is 0 Å². The first-order valence-corrected chi connectivity index (χ1v) is 7.55. The molecule has 0 atom stereocenters. The molecule has 1 N–H and O–H groups in total. The molecule has 2 heterocycles. The van der Waals surface area contributed by atoms with Gasteiger partial charge in [0.1, 0.15) is 11.5 Å². The number of hydrogen-bond acceptors (Lipinski definition) is 3. The maximum Gasteiger partial charge on any atom is 0.134 e. The van der Waals surface area contributed by atoms with E-state index in [1.165, 1.54) is 5.56 Å². The molecule has 0 amide bonds. The van der Waals surface area contributed by atoms with Crippen LogP contribution in [0.25, 0.3) is 11.3 Å². The highest BCUT2D eigenvalue weighted by molar-refractivity contribution is 6.31. The topological polar surface area (TPSA) is 38.1 Å². The number of nitrogens with zero attached hydrogens (tertiary/aromatic N) is 1. The molecule has 6 heteroatoms. The summed E-state index contributed by atoms with van der Waals surface area (Å²) >= 11 is 6.16. The molecule has 0 aliphatic carbocycles. The molecule has 0 bridgehead atoms. The standard InChI is InChI=1S/C18H17ClN2O.2ClH/c1-13-2-3-15(10-17(13)19)18-5-4-16(22-18)12-21-11-14-6-8-20-9-7-14;;/h2-10,21H,11-12H2,1H3;2*1H. The van der Waals surface area contributed by atoms with Crippen LogP contribution < -0.4 is 5.32 Å². The van der Waals surface area contributed by atoms with Crippen molar-refractivity contribution < 1.29 is 4.42 Å². The molecule has 3 nitrogen and oxygen atoms in total. The molecule has 24 heavy (non-hydrogen) atoms. The average Bonchev–Trinajstić information content (AvgIpc) is 3.00. The van der Waals surface area contributed by atoms with Crippen LogP contribution in [0.1, 0.15) is 16.9 Å². The van der Waals surface area contributed by atoms with Crippen molar-refractivity contribution in [3.63, 3.8) is 0 Å². The molecular weight excluding hydrogens is 367 g/mol. The number of rotatable bonds is 5. The van der Waals surface area contributed by atoms with E-state index in [0.29, 0.717) is 6.54 Å². The van der Waals surface area contributed by atoms with Crippen LogP contribution in [0.15, 0.2) is 59.3 Å². The van der Waals surface area contributed by atoms with E-state index in [-0.39, 0.29) is 24.8 Å². The van der Waals surface area contributed by atoms with Crippen LogP contribution in [0.3, 0.4) is 0 Å². The quantitative estimate of drug-likeness (QED) is 0.636. The van der Waals surface area contributed by atoms with Gasteiger partial charge >= 0.3 is 0 Å². The number of nitrogens with one attached hydrogen (secondary N) is 1. The van der Waals surface area contributed by atoms with Gasteiger partial charge in [-0.15, -0.1) is 24.8 Å². The Morgan fingerprint density at radius 2 is 1.75 bits per heavy atom.